The molecule has 1 heterocycles. The van der Waals surface area contributed by atoms with Crippen molar-refractivity contribution in [1.29, 1.82) is 0 Å². The molecule has 23 heavy (non-hydrogen) atoms. The predicted molar refractivity (Wildman–Crippen MR) is 89.2 cm³/mol. The summed E-state index contributed by atoms with van der Waals surface area (Å²) in [4.78, 5) is 17.4. The van der Waals surface area contributed by atoms with Crippen LogP contribution < -0.4 is 5.32 Å². The molecule has 2 aromatic rings. The zero-order valence-corrected chi connectivity index (χ0v) is 14.3. The summed E-state index contributed by atoms with van der Waals surface area (Å²) in [5.74, 6) is -0.444. The molecule has 0 spiro atoms. The van der Waals surface area contributed by atoms with Crippen LogP contribution in [-0.4, -0.2) is 28.6 Å². The molecule has 6 heteroatoms. The average molecular weight is 336 g/mol. The molecule has 124 valence electrons. The van der Waals surface area contributed by atoms with E-state index in [0.29, 0.717) is 17.0 Å². The Labute approximate surface area is 139 Å². The van der Waals surface area contributed by atoms with Gasteiger partial charge in [0.25, 0.3) is 5.91 Å². The van der Waals surface area contributed by atoms with Crippen molar-refractivity contribution in [3.8, 4) is 0 Å². The number of aryl methyl sites for hydroxylation is 1. The standard InChI is InChI=1S/C17H21FN2O2S/c1-10(9-21)11(2)20-17(22)16-12(3)19-15(23-16)8-13-4-6-14(18)7-5-13/h4-7,10-11,21H,8-9H2,1-3H3,(H,20,22). The Kier molecular flexibility index (Phi) is 5.85. The molecule has 0 aliphatic rings. The zero-order chi connectivity index (χ0) is 17.0. The van der Waals surface area contributed by atoms with Gasteiger partial charge >= 0.3 is 0 Å². The Morgan fingerprint density at radius 3 is 2.61 bits per heavy atom. The molecular weight excluding hydrogens is 315 g/mol. The van der Waals surface area contributed by atoms with Crippen molar-refractivity contribution in [1.82, 2.24) is 10.3 Å². The fraction of sp³-hybridized carbons (Fsp3) is 0.412. The summed E-state index contributed by atoms with van der Waals surface area (Å²) in [5.41, 5.74) is 1.64. The maximum Gasteiger partial charge on any atom is 0.263 e. The lowest BCUT2D eigenvalue weighted by Gasteiger charge is -2.18. The summed E-state index contributed by atoms with van der Waals surface area (Å²) in [5, 5.41) is 12.9. The predicted octanol–water partition coefficient (Wildman–Crippen LogP) is 2.93. The average Bonchev–Trinajstić information content (AvgIpc) is 2.89. The van der Waals surface area contributed by atoms with Crippen molar-refractivity contribution < 1.29 is 14.3 Å². The van der Waals surface area contributed by atoms with Crippen LogP contribution in [0.15, 0.2) is 24.3 Å². The van der Waals surface area contributed by atoms with E-state index in [1.54, 1.807) is 19.1 Å². The van der Waals surface area contributed by atoms with Gasteiger partial charge in [-0.3, -0.25) is 4.79 Å². The lowest BCUT2D eigenvalue weighted by atomic mass is 10.1. The number of amides is 1. The van der Waals surface area contributed by atoms with Gasteiger partial charge < -0.3 is 10.4 Å². The fourth-order valence-electron chi connectivity index (χ4n) is 2.09. The molecule has 2 rings (SSSR count). The number of aliphatic hydroxyl groups is 1. The molecule has 0 saturated carbocycles. The number of carbonyl (C=O) groups excluding carboxylic acids is 1. The number of thiazole rings is 1. The van der Waals surface area contributed by atoms with E-state index >= 15 is 0 Å². The van der Waals surface area contributed by atoms with Crippen molar-refractivity contribution in [2.75, 3.05) is 6.61 Å². The molecule has 0 fully saturated rings. The SMILES string of the molecule is Cc1nc(Cc2ccc(F)cc2)sc1C(=O)NC(C)C(C)CO. The third kappa shape index (κ3) is 4.59. The van der Waals surface area contributed by atoms with Crippen molar-refractivity contribution >= 4 is 17.2 Å². The number of benzene rings is 1. The number of nitrogens with zero attached hydrogens (tertiary/aromatic N) is 1. The van der Waals surface area contributed by atoms with E-state index in [2.05, 4.69) is 10.3 Å². The smallest absolute Gasteiger partial charge is 0.263 e. The highest BCUT2D eigenvalue weighted by Crippen LogP contribution is 2.21. The maximum atomic E-state index is 12.9. The quantitative estimate of drug-likeness (QED) is 0.852. The van der Waals surface area contributed by atoms with Gasteiger partial charge in [0.1, 0.15) is 10.7 Å². The first-order chi connectivity index (χ1) is 10.9. The molecule has 0 radical (unpaired) electrons. The fourth-order valence-corrected chi connectivity index (χ4v) is 3.09. The number of rotatable bonds is 6. The first kappa shape index (κ1) is 17.6. The lowest BCUT2D eigenvalue weighted by molar-refractivity contribution is 0.0919. The summed E-state index contributed by atoms with van der Waals surface area (Å²) in [6, 6.07) is 6.16. The van der Waals surface area contributed by atoms with Crippen LogP contribution in [0.4, 0.5) is 4.39 Å². The van der Waals surface area contributed by atoms with Gasteiger partial charge in [-0.2, -0.15) is 0 Å². The van der Waals surface area contributed by atoms with E-state index in [1.807, 2.05) is 13.8 Å². The van der Waals surface area contributed by atoms with E-state index in [1.165, 1.54) is 23.5 Å². The summed E-state index contributed by atoms with van der Waals surface area (Å²) < 4.78 is 12.9. The highest BCUT2D eigenvalue weighted by Gasteiger charge is 2.19. The third-order valence-corrected chi connectivity index (χ3v) is 4.97. The Morgan fingerprint density at radius 1 is 1.35 bits per heavy atom. The number of aliphatic hydroxyl groups excluding tert-OH is 1. The molecule has 2 N–H and O–H groups in total. The highest BCUT2D eigenvalue weighted by molar-refractivity contribution is 7.13. The number of carbonyl (C=O) groups is 1. The van der Waals surface area contributed by atoms with Crippen LogP contribution in [0.3, 0.4) is 0 Å². The maximum absolute atomic E-state index is 12.9. The third-order valence-electron chi connectivity index (χ3n) is 3.82. The molecule has 1 aromatic carbocycles. The molecule has 2 unspecified atom stereocenters. The van der Waals surface area contributed by atoms with Gasteiger partial charge in [0, 0.05) is 19.1 Å². The van der Waals surface area contributed by atoms with Gasteiger partial charge in [0.05, 0.1) is 10.7 Å². The summed E-state index contributed by atoms with van der Waals surface area (Å²) in [7, 11) is 0. The topological polar surface area (TPSA) is 62.2 Å². The molecule has 0 saturated heterocycles. The molecular formula is C17H21FN2O2S. The minimum Gasteiger partial charge on any atom is -0.396 e. The number of nitrogens with one attached hydrogen (secondary N) is 1. The van der Waals surface area contributed by atoms with Crippen LogP contribution >= 0.6 is 11.3 Å². The molecule has 4 nitrogen and oxygen atoms in total. The van der Waals surface area contributed by atoms with Crippen molar-refractivity contribution in [2.24, 2.45) is 5.92 Å². The van der Waals surface area contributed by atoms with Crippen LogP contribution in [0.1, 0.15) is 39.8 Å². The molecule has 0 bridgehead atoms. The number of aromatic nitrogens is 1. The lowest BCUT2D eigenvalue weighted by Crippen LogP contribution is -2.38. The highest BCUT2D eigenvalue weighted by atomic mass is 32.1. The van der Waals surface area contributed by atoms with Crippen LogP contribution in [0.25, 0.3) is 0 Å². The van der Waals surface area contributed by atoms with Crippen molar-refractivity contribution in [3.63, 3.8) is 0 Å². The van der Waals surface area contributed by atoms with Crippen LogP contribution in [0, 0.1) is 18.7 Å². The first-order valence-corrected chi connectivity index (χ1v) is 8.34. The van der Waals surface area contributed by atoms with Crippen LogP contribution in [0.2, 0.25) is 0 Å². The Hall–Kier alpha value is -1.79. The van der Waals surface area contributed by atoms with E-state index in [9.17, 15) is 9.18 Å². The Morgan fingerprint density at radius 2 is 2.00 bits per heavy atom. The minimum atomic E-state index is -0.267. The van der Waals surface area contributed by atoms with Crippen molar-refractivity contribution in [2.45, 2.75) is 33.2 Å². The van der Waals surface area contributed by atoms with Crippen LogP contribution in [0.5, 0.6) is 0 Å². The molecule has 1 amide bonds. The van der Waals surface area contributed by atoms with Gasteiger partial charge in [-0.1, -0.05) is 19.1 Å². The van der Waals surface area contributed by atoms with E-state index in [4.69, 9.17) is 5.11 Å². The zero-order valence-electron chi connectivity index (χ0n) is 13.5. The second-order valence-electron chi connectivity index (χ2n) is 5.75. The van der Waals surface area contributed by atoms with E-state index < -0.39 is 0 Å². The molecule has 0 aliphatic heterocycles. The monoisotopic (exact) mass is 336 g/mol. The normalized spacial score (nSPS) is 13.6. The molecule has 1 aromatic heterocycles. The minimum absolute atomic E-state index is 0.00846. The second kappa shape index (κ2) is 7.66. The number of halogens is 1. The first-order valence-electron chi connectivity index (χ1n) is 7.53. The number of hydrogen-bond donors (Lipinski definition) is 2. The largest absolute Gasteiger partial charge is 0.396 e. The summed E-state index contributed by atoms with van der Waals surface area (Å²) in [6.45, 7) is 5.58. The molecule has 0 aliphatic carbocycles. The second-order valence-corrected chi connectivity index (χ2v) is 6.83. The number of hydrogen-bond acceptors (Lipinski definition) is 4. The summed E-state index contributed by atoms with van der Waals surface area (Å²) in [6.07, 6.45) is 0.571. The van der Waals surface area contributed by atoms with Crippen LogP contribution in [-0.2, 0) is 6.42 Å². The van der Waals surface area contributed by atoms with E-state index in [0.717, 1.165) is 10.6 Å². The van der Waals surface area contributed by atoms with Gasteiger partial charge in [-0.25, -0.2) is 9.37 Å². The van der Waals surface area contributed by atoms with Gasteiger partial charge in [0.2, 0.25) is 0 Å². The Bertz CT molecular complexity index is 670. The van der Waals surface area contributed by atoms with Gasteiger partial charge in [0.15, 0.2) is 0 Å². The Balaban J connectivity index is 2.08. The van der Waals surface area contributed by atoms with Crippen molar-refractivity contribution in [3.05, 3.63) is 51.2 Å². The summed E-state index contributed by atoms with van der Waals surface area (Å²) >= 11 is 1.35. The van der Waals surface area contributed by atoms with Gasteiger partial charge in [-0.05, 0) is 37.5 Å². The molecule has 2 atom stereocenters. The van der Waals surface area contributed by atoms with Gasteiger partial charge in [-0.15, -0.1) is 11.3 Å². The van der Waals surface area contributed by atoms with E-state index in [-0.39, 0.29) is 30.3 Å².